The number of nitro groups is 1. The van der Waals surface area contributed by atoms with Crippen LogP contribution >= 0.6 is 23.2 Å². The molecule has 2 saturated heterocycles. The van der Waals surface area contributed by atoms with Crippen molar-refractivity contribution >= 4 is 82.2 Å². The van der Waals surface area contributed by atoms with Gasteiger partial charge in [-0.15, -0.1) is 0 Å². The predicted octanol–water partition coefficient (Wildman–Crippen LogP) is 10.0. The van der Waals surface area contributed by atoms with Crippen molar-refractivity contribution in [3.05, 3.63) is 137 Å². The summed E-state index contributed by atoms with van der Waals surface area (Å²) in [6, 6.07) is 15.1. The highest BCUT2D eigenvalue weighted by Crippen LogP contribution is 2.41. The number of amides is 2. The minimum Gasteiger partial charge on any atom is -0.450 e. The summed E-state index contributed by atoms with van der Waals surface area (Å²) in [6.07, 6.45) is 13.2. The van der Waals surface area contributed by atoms with Crippen molar-refractivity contribution in [1.29, 1.82) is 0 Å². The van der Waals surface area contributed by atoms with Gasteiger partial charge in [-0.3, -0.25) is 15.1 Å². The maximum atomic E-state index is 12.1. The Morgan fingerprint density at radius 3 is 1.57 bits per heavy atom. The molecule has 0 bridgehead atoms. The van der Waals surface area contributed by atoms with Gasteiger partial charge in [-0.05, 0) is 92.1 Å². The van der Waals surface area contributed by atoms with Crippen LogP contribution in [0.15, 0.2) is 72.1 Å². The van der Waals surface area contributed by atoms with Crippen molar-refractivity contribution in [3.8, 4) is 0 Å². The Labute approximate surface area is 346 Å². The maximum Gasteiger partial charge on any atom is 0.409 e. The van der Waals surface area contributed by atoms with E-state index in [1.807, 2.05) is 61.5 Å². The number of hydrogen-bond donors (Lipinski definition) is 1. The van der Waals surface area contributed by atoms with Crippen LogP contribution < -0.4 is 5.73 Å². The molecule has 0 atom stereocenters. The summed E-state index contributed by atoms with van der Waals surface area (Å²) in [5.41, 5.74) is 18.5. The Hall–Kier alpha value is -5.98. The fourth-order valence-corrected chi connectivity index (χ4v) is 8.08. The minimum atomic E-state index is -0.444. The lowest BCUT2D eigenvalue weighted by molar-refractivity contribution is -0.385. The zero-order chi connectivity index (χ0) is 40.9. The van der Waals surface area contributed by atoms with E-state index in [1.54, 1.807) is 29.0 Å². The van der Waals surface area contributed by atoms with Gasteiger partial charge in [0.05, 0.1) is 41.4 Å². The monoisotopic (exact) mass is 820 g/mol. The summed E-state index contributed by atoms with van der Waals surface area (Å²) in [4.78, 5) is 47.5. The predicted molar refractivity (Wildman–Crippen MR) is 228 cm³/mol. The van der Waals surface area contributed by atoms with Crippen molar-refractivity contribution in [2.75, 3.05) is 45.1 Å². The van der Waals surface area contributed by atoms with Gasteiger partial charge < -0.3 is 25.0 Å². The molecule has 2 amide bonds. The number of aromatic nitrogens is 2. The molecule has 2 N–H and O–H groups in total. The SMILES string of the molecule is CCOC(=O)N1CCC(=C2c3ccc(Cl)cc3C=Cc3cc(N)cnc32)CC1.CCOC(=O)N1CCC(=C2c3ccc(Cl)cc3C=Cc3cc([N+](=O)[O-])cnc32)CC1. The molecular formula is C44H42Cl2N6O6. The van der Waals surface area contributed by atoms with Crippen molar-refractivity contribution in [2.24, 2.45) is 0 Å². The van der Waals surface area contributed by atoms with Gasteiger partial charge in [0.15, 0.2) is 0 Å². The molecule has 2 aliphatic carbocycles. The molecule has 298 valence electrons. The molecule has 0 unspecified atom stereocenters. The number of fused-ring (bicyclic) bond motifs is 4. The second-order valence-corrected chi connectivity index (χ2v) is 14.9. The van der Waals surface area contributed by atoms with Gasteiger partial charge in [0.1, 0.15) is 6.20 Å². The molecule has 4 aromatic rings. The molecule has 0 saturated carbocycles. The Bertz CT molecular complexity index is 2350. The lowest BCUT2D eigenvalue weighted by Crippen LogP contribution is -2.37. The zero-order valence-electron chi connectivity index (χ0n) is 32.2. The van der Waals surface area contributed by atoms with E-state index >= 15 is 0 Å². The number of nitrogens with zero attached hydrogens (tertiary/aromatic N) is 5. The molecule has 2 aliphatic heterocycles. The molecule has 14 heteroatoms. The van der Waals surface area contributed by atoms with E-state index in [9.17, 15) is 19.7 Å². The maximum absolute atomic E-state index is 12.1. The highest BCUT2D eigenvalue weighted by Gasteiger charge is 2.28. The number of likely N-dealkylation sites (tertiary alicyclic amines) is 2. The van der Waals surface area contributed by atoms with E-state index in [0.29, 0.717) is 79.2 Å². The number of carbonyl (C=O) groups excluding carboxylic acids is 2. The average molecular weight is 822 g/mol. The molecule has 4 aliphatic rings. The van der Waals surface area contributed by atoms with Crippen LogP contribution in [0.2, 0.25) is 10.0 Å². The van der Waals surface area contributed by atoms with E-state index in [1.165, 1.54) is 11.8 Å². The highest BCUT2D eigenvalue weighted by molar-refractivity contribution is 6.31. The van der Waals surface area contributed by atoms with E-state index in [-0.39, 0.29) is 17.9 Å². The number of benzene rings is 2. The summed E-state index contributed by atoms with van der Waals surface area (Å²) in [5.74, 6) is 0. The third-order valence-electron chi connectivity index (χ3n) is 10.5. The van der Waals surface area contributed by atoms with Crippen LogP contribution in [0.4, 0.5) is 21.0 Å². The number of nitrogen functional groups attached to an aromatic ring is 1. The second kappa shape index (κ2) is 17.7. The number of halogens is 2. The quantitative estimate of drug-likeness (QED) is 0.136. The molecule has 0 radical (unpaired) electrons. The third-order valence-corrected chi connectivity index (χ3v) is 10.9. The topological polar surface area (TPSA) is 154 Å². The minimum absolute atomic E-state index is 0.0520. The number of anilines is 1. The van der Waals surface area contributed by atoms with Crippen molar-refractivity contribution < 1.29 is 24.0 Å². The standard InChI is InChI=1S/C22H20ClN3O4.C22H22ClN3O2/c1-2-30-22(27)25-9-7-14(8-10-25)20-19-6-5-17(23)11-15(19)3-4-16-12-18(26(28)29)13-24-21(16)20;1-2-28-22(27)26-9-7-14(8-10-26)20-19-6-5-17(23)11-15(19)3-4-16-12-18(24)13-25-21(16)20/h3-6,11-13H,2,7-10H2,1H3;3-6,11-13H,2,7-10,24H2,1H3. The lowest BCUT2D eigenvalue weighted by atomic mass is 9.88. The van der Waals surface area contributed by atoms with Crippen LogP contribution in [0.25, 0.3) is 35.5 Å². The number of rotatable bonds is 3. The number of piperidine rings is 2. The number of nitrogens with two attached hydrogens (primary N) is 1. The third kappa shape index (κ3) is 8.63. The van der Waals surface area contributed by atoms with Gasteiger partial charge in [0, 0.05) is 64.6 Å². The smallest absolute Gasteiger partial charge is 0.409 e. The van der Waals surface area contributed by atoms with Gasteiger partial charge in [-0.25, -0.2) is 14.6 Å². The first-order chi connectivity index (χ1) is 28.0. The molecule has 2 aromatic heterocycles. The van der Waals surface area contributed by atoms with Crippen LogP contribution in [-0.2, 0) is 9.47 Å². The summed E-state index contributed by atoms with van der Waals surface area (Å²) in [5, 5.41) is 12.5. The van der Waals surface area contributed by atoms with Crippen LogP contribution in [0, 0.1) is 10.1 Å². The van der Waals surface area contributed by atoms with Crippen LogP contribution in [0.1, 0.15) is 84.3 Å². The number of pyridine rings is 2. The van der Waals surface area contributed by atoms with Crippen molar-refractivity contribution in [2.45, 2.75) is 39.5 Å². The molecule has 2 fully saturated rings. The first-order valence-electron chi connectivity index (χ1n) is 19.2. The Morgan fingerprint density at radius 1 is 0.690 bits per heavy atom. The molecular weight excluding hydrogens is 779 g/mol. The highest BCUT2D eigenvalue weighted by atomic mass is 35.5. The molecule has 12 nitrogen and oxygen atoms in total. The number of ether oxygens (including phenoxy) is 2. The second-order valence-electron chi connectivity index (χ2n) is 14.1. The van der Waals surface area contributed by atoms with Gasteiger partial charge in [-0.2, -0.15) is 0 Å². The fourth-order valence-electron chi connectivity index (χ4n) is 7.72. The summed E-state index contributed by atoms with van der Waals surface area (Å²) >= 11 is 12.5. The number of hydrogen-bond acceptors (Lipinski definition) is 9. The van der Waals surface area contributed by atoms with Crippen LogP contribution in [-0.4, -0.2) is 76.3 Å². The van der Waals surface area contributed by atoms with Crippen molar-refractivity contribution in [1.82, 2.24) is 19.8 Å². The molecule has 58 heavy (non-hydrogen) atoms. The van der Waals surface area contributed by atoms with E-state index < -0.39 is 4.92 Å². The van der Waals surface area contributed by atoms with Gasteiger partial charge in [-0.1, -0.05) is 70.8 Å². The Kier molecular flexibility index (Phi) is 12.2. The van der Waals surface area contributed by atoms with Gasteiger partial charge >= 0.3 is 12.2 Å². The molecule has 2 aromatic carbocycles. The van der Waals surface area contributed by atoms with Crippen molar-refractivity contribution in [3.63, 3.8) is 0 Å². The first kappa shape index (κ1) is 40.2. The van der Waals surface area contributed by atoms with Gasteiger partial charge in [0.2, 0.25) is 0 Å². The van der Waals surface area contributed by atoms with Crippen LogP contribution in [0.3, 0.4) is 0 Å². The lowest BCUT2D eigenvalue weighted by Gasteiger charge is -2.29. The van der Waals surface area contributed by atoms with E-state index in [2.05, 4.69) is 22.1 Å². The fraction of sp³-hybridized carbons (Fsp3) is 0.273. The Morgan fingerprint density at radius 2 is 1.12 bits per heavy atom. The normalized spacial score (nSPS) is 15.5. The summed E-state index contributed by atoms with van der Waals surface area (Å²) < 4.78 is 10.3. The van der Waals surface area contributed by atoms with E-state index in [0.717, 1.165) is 63.1 Å². The zero-order valence-corrected chi connectivity index (χ0v) is 33.7. The molecule has 0 spiro atoms. The largest absolute Gasteiger partial charge is 0.450 e. The summed E-state index contributed by atoms with van der Waals surface area (Å²) in [6.45, 7) is 6.73. The van der Waals surface area contributed by atoms with E-state index in [4.69, 9.17) is 38.4 Å². The Balaban J connectivity index is 0.000000177. The average Bonchev–Trinajstić information content (AvgIpc) is 3.48. The van der Waals surface area contributed by atoms with Crippen LogP contribution in [0.5, 0.6) is 0 Å². The number of carbonyl (C=O) groups is 2. The molecule has 4 heterocycles. The van der Waals surface area contributed by atoms with Gasteiger partial charge in [0.25, 0.3) is 5.69 Å². The molecule has 8 rings (SSSR count). The first-order valence-corrected chi connectivity index (χ1v) is 19.9. The summed E-state index contributed by atoms with van der Waals surface area (Å²) in [7, 11) is 0.